The standard InChI is InChI=1S/C9H9NO4/c1-7(6-11)14-9-4-2-8(3-5-9)10(12)13/h2-7H,1H3. The second-order valence-corrected chi connectivity index (χ2v) is 2.71. The van der Waals surface area contributed by atoms with E-state index in [0.29, 0.717) is 12.0 Å². The number of benzene rings is 1. The molecule has 0 amide bonds. The van der Waals surface area contributed by atoms with Gasteiger partial charge in [-0.15, -0.1) is 0 Å². The molecule has 5 heteroatoms. The highest BCUT2D eigenvalue weighted by Gasteiger charge is 2.06. The Bertz CT molecular complexity index is 333. The molecule has 0 saturated carbocycles. The summed E-state index contributed by atoms with van der Waals surface area (Å²) in [5, 5.41) is 10.3. The first kappa shape index (κ1) is 10.2. The Morgan fingerprint density at radius 1 is 1.43 bits per heavy atom. The summed E-state index contributed by atoms with van der Waals surface area (Å²) in [6.45, 7) is 1.59. The summed E-state index contributed by atoms with van der Waals surface area (Å²) in [6, 6.07) is 5.57. The van der Waals surface area contributed by atoms with Gasteiger partial charge in [-0.3, -0.25) is 14.9 Å². The Labute approximate surface area is 80.5 Å². The van der Waals surface area contributed by atoms with Crippen LogP contribution in [-0.4, -0.2) is 17.3 Å². The largest absolute Gasteiger partial charge is 0.483 e. The van der Waals surface area contributed by atoms with Crippen molar-refractivity contribution in [2.45, 2.75) is 13.0 Å². The van der Waals surface area contributed by atoms with Gasteiger partial charge < -0.3 is 4.74 Å². The van der Waals surface area contributed by atoms with Crippen molar-refractivity contribution in [1.82, 2.24) is 0 Å². The maximum absolute atomic E-state index is 10.3. The highest BCUT2D eigenvalue weighted by Crippen LogP contribution is 2.17. The van der Waals surface area contributed by atoms with E-state index in [0.717, 1.165) is 0 Å². The number of carbonyl (C=O) groups is 1. The summed E-state index contributed by atoms with van der Waals surface area (Å²) in [5.41, 5.74) is -0.00361. The molecule has 0 aliphatic carbocycles. The minimum Gasteiger partial charge on any atom is -0.483 e. The number of ether oxygens (including phenoxy) is 1. The molecule has 5 nitrogen and oxygen atoms in total. The Morgan fingerprint density at radius 2 is 2.00 bits per heavy atom. The lowest BCUT2D eigenvalue weighted by Crippen LogP contribution is -2.12. The third kappa shape index (κ3) is 2.55. The number of aldehydes is 1. The number of nitrogens with zero attached hydrogens (tertiary/aromatic N) is 1. The van der Waals surface area contributed by atoms with Crippen LogP contribution < -0.4 is 4.74 Å². The van der Waals surface area contributed by atoms with Crippen molar-refractivity contribution in [3.05, 3.63) is 34.4 Å². The maximum Gasteiger partial charge on any atom is 0.269 e. The van der Waals surface area contributed by atoms with Gasteiger partial charge in [0.1, 0.15) is 5.75 Å². The molecule has 0 aromatic heterocycles. The molecule has 1 atom stereocenters. The highest BCUT2D eigenvalue weighted by atomic mass is 16.6. The molecule has 0 aliphatic rings. The quantitative estimate of drug-likeness (QED) is 0.415. The summed E-state index contributed by atoms with van der Waals surface area (Å²) in [7, 11) is 0. The number of carbonyl (C=O) groups excluding carboxylic acids is 1. The van der Waals surface area contributed by atoms with Gasteiger partial charge in [0, 0.05) is 12.1 Å². The Kier molecular flexibility index (Phi) is 3.17. The Morgan fingerprint density at radius 3 is 2.43 bits per heavy atom. The van der Waals surface area contributed by atoms with Gasteiger partial charge in [0.25, 0.3) is 5.69 Å². The summed E-state index contributed by atoms with van der Waals surface area (Å²) in [4.78, 5) is 20.1. The molecule has 0 radical (unpaired) electrons. The van der Waals surface area contributed by atoms with E-state index >= 15 is 0 Å². The van der Waals surface area contributed by atoms with E-state index in [9.17, 15) is 14.9 Å². The Balaban J connectivity index is 2.73. The van der Waals surface area contributed by atoms with Crippen molar-refractivity contribution in [2.75, 3.05) is 0 Å². The molecule has 1 aromatic carbocycles. The molecular formula is C9H9NO4. The molecule has 0 heterocycles. The lowest BCUT2D eigenvalue weighted by atomic mass is 10.3. The van der Waals surface area contributed by atoms with Crippen molar-refractivity contribution in [1.29, 1.82) is 0 Å². The average Bonchev–Trinajstić information content (AvgIpc) is 2.18. The molecular weight excluding hydrogens is 186 g/mol. The lowest BCUT2D eigenvalue weighted by molar-refractivity contribution is -0.384. The van der Waals surface area contributed by atoms with Gasteiger partial charge in [0.2, 0.25) is 0 Å². The molecule has 0 fully saturated rings. The van der Waals surface area contributed by atoms with Gasteiger partial charge >= 0.3 is 0 Å². The van der Waals surface area contributed by atoms with Crippen LogP contribution in [0.4, 0.5) is 5.69 Å². The van der Waals surface area contributed by atoms with Crippen LogP contribution in [0.3, 0.4) is 0 Å². The van der Waals surface area contributed by atoms with Crippen molar-refractivity contribution in [3.8, 4) is 5.75 Å². The number of nitro groups is 1. The predicted molar refractivity (Wildman–Crippen MR) is 49.3 cm³/mol. The third-order valence-electron chi connectivity index (χ3n) is 1.56. The molecule has 0 spiro atoms. The number of hydrogen-bond acceptors (Lipinski definition) is 4. The molecule has 0 aliphatic heterocycles. The summed E-state index contributed by atoms with van der Waals surface area (Å²) in [6.07, 6.45) is 0.109. The van der Waals surface area contributed by atoms with Crippen LogP contribution >= 0.6 is 0 Å². The third-order valence-corrected chi connectivity index (χ3v) is 1.56. The van der Waals surface area contributed by atoms with E-state index in [2.05, 4.69) is 0 Å². The second kappa shape index (κ2) is 4.36. The zero-order chi connectivity index (χ0) is 10.6. The van der Waals surface area contributed by atoms with E-state index in [-0.39, 0.29) is 5.69 Å². The highest BCUT2D eigenvalue weighted by molar-refractivity contribution is 5.56. The SMILES string of the molecule is CC(C=O)Oc1ccc([N+](=O)[O-])cc1. The lowest BCUT2D eigenvalue weighted by Gasteiger charge is -2.07. The molecule has 1 aromatic rings. The van der Waals surface area contributed by atoms with E-state index in [1.54, 1.807) is 6.92 Å². The molecule has 14 heavy (non-hydrogen) atoms. The van der Waals surface area contributed by atoms with Crippen molar-refractivity contribution >= 4 is 12.0 Å². The first-order valence-corrected chi connectivity index (χ1v) is 4.00. The normalized spacial score (nSPS) is 11.8. The van der Waals surface area contributed by atoms with Gasteiger partial charge in [0.05, 0.1) is 4.92 Å². The number of non-ortho nitro benzene ring substituents is 1. The van der Waals surface area contributed by atoms with E-state index in [4.69, 9.17) is 4.74 Å². The fraction of sp³-hybridized carbons (Fsp3) is 0.222. The van der Waals surface area contributed by atoms with Crippen LogP contribution in [-0.2, 0) is 4.79 Å². The smallest absolute Gasteiger partial charge is 0.269 e. The van der Waals surface area contributed by atoms with E-state index < -0.39 is 11.0 Å². The summed E-state index contributed by atoms with van der Waals surface area (Å²) < 4.78 is 5.11. The molecule has 1 rings (SSSR count). The zero-order valence-electron chi connectivity index (χ0n) is 7.54. The maximum atomic E-state index is 10.3. The van der Waals surface area contributed by atoms with Gasteiger partial charge in [-0.2, -0.15) is 0 Å². The molecule has 1 unspecified atom stereocenters. The summed E-state index contributed by atoms with van der Waals surface area (Å²) >= 11 is 0. The molecule has 0 N–H and O–H groups in total. The monoisotopic (exact) mass is 195 g/mol. The number of hydrogen-bond donors (Lipinski definition) is 0. The van der Waals surface area contributed by atoms with Crippen LogP contribution in [0.2, 0.25) is 0 Å². The van der Waals surface area contributed by atoms with Crippen LogP contribution in [0.5, 0.6) is 5.75 Å². The van der Waals surface area contributed by atoms with Crippen LogP contribution in [0.25, 0.3) is 0 Å². The number of rotatable bonds is 4. The number of nitro benzene ring substituents is 1. The average molecular weight is 195 g/mol. The summed E-state index contributed by atoms with van der Waals surface area (Å²) in [5.74, 6) is 0.440. The zero-order valence-corrected chi connectivity index (χ0v) is 7.54. The van der Waals surface area contributed by atoms with Crippen LogP contribution in [0.1, 0.15) is 6.92 Å². The van der Waals surface area contributed by atoms with Crippen molar-refractivity contribution in [2.24, 2.45) is 0 Å². The Hall–Kier alpha value is -1.91. The van der Waals surface area contributed by atoms with Gasteiger partial charge in [-0.05, 0) is 19.1 Å². The van der Waals surface area contributed by atoms with Crippen molar-refractivity contribution < 1.29 is 14.5 Å². The molecule has 74 valence electrons. The van der Waals surface area contributed by atoms with Crippen molar-refractivity contribution in [3.63, 3.8) is 0 Å². The topological polar surface area (TPSA) is 69.4 Å². The first-order chi connectivity index (χ1) is 6.63. The molecule has 0 bridgehead atoms. The van der Waals surface area contributed by atoms with Gasteiger partial charge in [-0.1, -0.05) is 0 Å². The predicted octanol–water partition coefficient (Wildman–Crippen LogP) is 1.56. The minimum absolute atomic E-state index is 0.00361. The fourth-order valence-corrected chi connectivity index (χ4v) is 0.889. The second-order valence-electron chi connectivity index (χ2n) is 2.71. The van der Waals surface area contributed by atoms with E-state index in [1.807, 2.05) is 0 Å². The molecule has 0 saturated heterocycles. The van der Waals surface area contributed by atoms with Gasteiger partial charge in [-0.25, -0.2) is 0 Å². The van der Waals surface area contributed by atoms with Crippen LogP contribution in [0, 0.1) is 10.1 Å². The van der Waals surface area contributed by atoms with E-state index in [1.165, 1.54) is 24.3 Å². The minimum atomic E-state index is -0.545. The van der Waals surface area contributed by atoms with Gasteiger partial charge in [0.15, 0.2) is 12.4 Å². The first-order valence-electron chi connectivity index (χ1n) is 4.00. The van der Waals surface area contributed by atoms with Crippen LogP contribution in [0.15, 0.2) is 24.3 Å². The fourth-order valence-electron chi connectivity index (χ4n) is 0.889.